The first kappa shape index (κ1) is 14.5. The van der Waals surface area contributed by atoms with Crippen molar-refractivity contribution in [1.82, 2.24) is 5.32 Å². The molecule has 1 unspecified atom stereocenters. The van der Waals surface area contributed by atoms with Crippen molar-refractivity contribution in [3.63, 3.8) is 0 Å². The first-order valence-corrected chi connectivity index (χ1v) is 7.78. The van der Waals surface area contributed by atoms with Crippen LogP contribution in [0.2, 0.25) is 0 Å². The summed E-state index contributed by atoms with van der Waals surface area (Å²) in [6.07, 6.45) is 9.39. The van der Waals surface area contributed by atoms with E-state index in [1.54, 1.807) is 6.07 Å². The van der Waals surface area contributed by atoms with Crippen LogP contribution in [0.25, 0.3) is 0 Å². The second-order valence-electron chi connectivity index (χ2n) is 5.75. The summed E-state index contributed by atoms with van der Waals surface area (Å²) in [5.74, 6) is 0.765. The molecule has 1 saturated carbocycles. The zero-order valence-electron chi connectivity index (χ0n) is 12.0. The minimum atomic E-state index is -0.127. The van der Waals surface area contributed by atoms with Gasteiger partial charge in [0.25, 0.3) is 0 Å². The monoisotopic (exact) mass is 263 g/mol. The van der Waals surface area contributed by atoms with Crippen molar-refractivity contribution < 1.29 is 4.39 Å². The molecule has 0 aromatic heterocycles. The molecule has 1 fully saturated rings. The van der Waals surface area contributed by atoms with Gasteiger partial charge in [-0.15, -0.1) is 0 Å². The van der Waals surface area contributed by atoms with Gasteiger partial charge in [0, 0.05) is 6.04 Å². The van der Waals surface area contributed by atoms with Crippen molar-refractivity contribution >= 4 is 0 Å². The summed E-state index contributed by atoms with van der Waals surface area (Å²) in [7, 11) is 0. The maximum Gasteiger partial charge on any atom is 0.123 e. The summed E-state index contributed by atoms with van der Waals surface area (Å²) in [5, 5.41) is 3.50. The van der Waals surface area contributed by atoms with E-state index < -0.39 is 0 Å². The molecule has 0 saturated heterocycles. The van der Waals surface area contributed by atoms with E-state index in [0.717, 1.165) is 24.4 Å². The fraction of sp³-hybridized carbons (Fsp3) is 0.647. The van der Waals surface area contributed by atoms with Crippen molar-refractivity contribution in [3.05, 3.63) is 35.6 Å². The van der Waals surface area contributed by atoms with Crippen LogP contribution in [0.15, 0.2) is 24.3 Å². The molecule has 1 N–H and O–H groups in total. The molecular formula is C17H26FN. The quantitative estimate of drug-likeness (QED) is 0.774. The molecule has 106 valence electrons. The summed E-state index contributed by atoms with van der Waals surface area (Å²) >= 11 is 0. The Labute approximate surface area is 116 Å². The Morgan fingerprint density at radius 3 is 2.74 bits per heavy atom. The molecule has 2 rings (SSSR count). The standard InChI is InChI=1S/C17H26FN/c1-2-19-17(15-9-6-10-16(18)13-15)12-11-14-7-4-3-5-8-14/h6,9-10,13-14,17,19H,2-5,7-8,11-12H2,1H3. The normalized spacial score (nSPS) is 18.4. The Kier molecular flexibility index (Phi) is 5.84. The van der Waals surface area contributed by atoms with Crippen molar-refractivity contribution in [2.75, 3.05) is 6.54 Å². The smallest absolute Gasteiger partial charge is 0.123 e. The third-order valence-electron chi connectivity index (χ3n) is 4.29. The Hall–Kier alpha value is -0.890. The molecule has 0 aliphatic heterocycles. The van der Waals surface area contributed by atoms with Gasteiger partial charge in [-0.3, -0.25) is 0 Å². The van der Waals surface area contributed by atoms with E-state index in [9.17, 15) is 4.39 Å². The number of nitrogens with one attached hydrogen (secondary N) is 1. The van der Waals surface area contributed by atoms with Crippen LogP contribution in [0.1, 0.15) is 63.5 Å². The Balaban J connectivity index is 1.91. The lowest BCUT2D eigenvalue weighted by molar-refractivity contribution is 0.315. The van der Waals surface area contributed by atoms with Gasteiger partial charge in [0.2, 0.25) is 0 Å². The SMILES string of the molecule is CCNC(CCC1CCCCC1)c1cccc(F)c1. The summed E-state index contributed by atoms with van der Waals surface area (Å²) < 4.78 is 13.3. The average Bonchev–Trinajstić information content (AvgIpc) is 2.44. The van der Waals surface area contributed by atoms with Crippen molar-refractivity contribution in [3.8, 4) is 0 Å². The number of hydrogen-bond acceptors (Lipinski definition) is 1. The van der Waals surface area contributed by atoms with Crippen LogP contribution >= 0.6 is 0 Å². The van der Waals surface area contributed by atoms with E-state index in [1.165, 1.54) is 44.6 Å². The molecule has 0 spiro atoms. The van der Waals surface area contributed by atoms with Gasteiger partial charge in [-0.05, 0) is 43.0 Å². The van der Waals surface area contributed by atoms with E-state index in [-0.39, 0.29) is 5.82 Å². The molecular weight excluding hydrogens is 237 g/mol. The summed E-state index contributed by atoms with van der Waals surface area (Å²) in [6, 6.07) is 7.36. The highest BCUT2D eigenvalue weighted by atomic mass is 19.1. The van der Waals surface area contributed by atoms with E-state index in [4.69, 9.17) is 0 Å². The zero-order chi connectivity index (χ0) is 13.5. The number of hydrogen-bond donors (Lipinski definition) is 1. The lowest BCUT2D eigenvalue weighted by Gasteiger charge is -2.25. The maximum absolute atomic E-state index is 13.3. The van der Waals surface area contributed by atoms with Crippen LogP contribution in [-0.4, -0.2) is 6.54 Å². The zero-order valence-corrected chi connectivity index (χ0v) is 12.0. The fourth-order valence-electron chi connectivity index (χ4n) is 3.23. The summed E-state index contributed by atoms with van der Waals surface area (Å²) in [5.41, 5.74) is 1.10. The highest BCUT2D eigenvalue weighted by molar-refractivity contribution is 5.20. The molecule has 1 aliphatic rings. The van der Waals surface area contributed by atoms with Crippen LogP contribution in [0, 0.1) is 11.7 Å². The van der Waals surface area contributed by atoms with Crippen LogP contribution < -0.4 is 5.32 Å². The van der Waals surface area contributed by atoms with E-state index in [2.05, 4.69) is 12.2 Å². The highest BCUT2D eigenvalue weighted by Gasteiger charge is 2.17. The molecule has 1 aromatic rings. The number of rotatable bonds is 6. The van der Waals surface area contributed by atoms with Gasteiger partial charge in [-0.25, -0.2) is 4.39 Å². The second kappa shape index (κ2) is 7.64. The Morgan fingerprint density at radius 1 is 1.26 bits per heavy atom. The number of benzene rings is 1. The van der Waals surface area contributed by atoms with E-state index in [1.807, 2.05) is 12.1 Å². The van der Waals surface area contributed by atoms with Crippen LogP contribution in [-0.2, 0) is 0 Å². The predicted molar refractivity (Wildman–Crippen MR) is 78.6 cm³/mol. The van der Waals surface area contributed by atoms with E-state index in [0.29, 0.717) is 6.04 Å². The maximum atomic E-state index is 13.3. The minimum absolute atomic E-state index is 0.127. The Bertz CT molecular complexity index is 371. The third-order valence-corrected chi connectivity index (χ3v) is 4.29. The number of halogens is 1. The largest absolute Gasteiger partial charge is 0.310 e. The van der Waals surface area contributed by atoms with Crippen molar-refractivity contribution in [2.45, 2.75) is 57.9 Å². The molecule has 1 atom stereocenters. The lowest BCUT2D eigenvalue weighted by atomic mass is 9.84. The van der Waals surface area contributed by atoms with Gasteiger partial charge >= 0.3 is 0 Å². The van der Waals surface area contributed by atoms with Crippen LogP contribution in [0.4, 0.5) is 4.39 Å². The lowest BCUT2D eigenvalue weighted by Crippen LogP contribution is -2.22. The topological polar surface area (TPSA) is 12.0 Å². The van der Waals surface area contributed by atoms with Gasteiger partial charge < -0.3 is 5.32 Å². The van der Waals surface area contributed by atoms with E-state index >= 15 is 0 Å². The van der Waals surface area contributed by atoms with Crippen molar-refractivity contribution in [2.24, 2.45) is 5.92 Å². The summed E-state index contributed by atoms with van der Waals surface area (Å²) in [4.78, 5) is 0. The first-order chi connectivity index (χ1) is 9.29. The highest BCUT2D eigenvalue weighted by Crippen LogP contribution is 2.30. The molecule has 0 heterocycles. The first-order valence-electron chi connectivity index (χ1n) is 7.78. The third kappa shape index (κ3) is 4.61. The molecule has 1 aliphatic carbocycles. The van der Waals surface area contributed by atoms with Gasteiger partial charge in [0.05, 0.1) is 0 Å². The van der Waals surface area contributed by atoms with Gasteiger partial charge in [0.1, 0.15) is 5.82 Å². The predicted octanol–water partition coefficient (Wildman–Crippen LogP) is 4.84. The van der Waals surface area contributed by atoms with Crippen LogP contribution in [0.3, 0.4) is 0 Å². The molecule has 19 heavy (non-hydrogen) atoms. The minimum Gasteiger partial charge on any atom is -0.310 e. The van der Waals surface area contributed by atoms with Gasteiger partial charge in [-0.2, -0.15) is 0 Å². The molecule has 0 radical (unpaired) electrons. The molecule has 0 bridgehead atoms. The average molecular weight is 263 g/mol. The molecule has 2 heteroatoms. The van der Waals surface area contributed by atoms with Crippen LogP contribution in [0.5, 0.6) is 0 Å². The molecule has 1 aromatic carbocycles. The molecule has 1 nitrogen and oxygen atoms in total. The van der Waals surface area contributed by atoms with Gasteiger partial charge in [-0.1, -0.05) is 51.2 Å². The second-order valence-corrected chi connectivity index (χ2v) is 5.75. The van der Waals surface area contributed by atoms with Gasteiger partial charge in [0.15, 0.2) is 0 Å². The fourth-order valence-corrected chi connectivity index (χ4v) is 3.23. The molecule has 0 amide bonds. The Morgan fingerprint density at radius 2 is 2.05 bits per heavy atom. The summed E-state index contributed by atoms with van der Waals surface area (Å²) in [6.45, 7) is 3.05. The van der Waals surface area contributed by atoms with Crippen molar-refractivity contribution in [1.29, 1.82) is 0 Å².